The highest BCUT2D eigenvalue weighted by molar-refractivity contribution is 7.89. The molecule has 3 rings (SSSR count). The van der Waals surface area contributed by atoms with E-state index in [1.165, 1.54) is 42.0 Å². The summed E-state index contributed by atoms with van der Waals surface area (Å²) in [6, 6.07) is 10.5. The first-order valence-electron chi connectivity index (χ1n) is 11.2. The number of nitrogens with one attached hydrogen (secondary N) is 2. The average molecular weight is 496 g/mol. The van der Waals surface area contributed by atoms with Crippen LogP contribution in [0, 0.1) is 11.6 Å². The molecule has 3 atom stereocenters. The molecule has 186 valence electrons. The Kier molecular flexibility index (Phi) is 9.01. The topological polar surface area (TPSA) is 90.9 Å². The molecule has 7 nitrogen and oxygen atoms in total. The second-order valence-electron chi connectivity index (χ2n) is 8.16. The van der Waals surface area contributed by atoms with Gasteiger partial charge in [-0.2, -0.15) is 4.72 Å². The zero-order chi connectivity index (χ0) is 24.7. The lowest BCUT2D eigenvalue weighted by Crippen LogP contribution is -2.54. The van der Waals surface area contributed by atoms with Crippen LogP contribution in [0.15, 0.2) is 54.9 Å². The van der Waals surface area contributed by atoms with Crippen molar-refractivity contribution in [2.24, 2.45) is 0 Å². The van der Waals surface area contributed by atoms with Gasteiger partial charge in [0.1, 0.15) is 17.9 Å². The zero-order valence-corrected chi connectivity index (χ0v) is 20.1. The third-order valence-electron chi connectivity index (χ3n) is 5.65. The normalized spacial score (nSPS) is 17.6. The van der Waals surface area contributed by atoms with E-state index in [9.17, 15) is 22.3 Å². The lowest BCUT2D eigenvalue weighted by atomic mass is 9.99. The predicted octanol–water partition coefficient (Wildman–Crippen LogP) is 2.62. The third kappa shape index (κ3) is 7.23. The average Bonchev–Trinajstić information content (AvgIpc) is 3.23. The molecule has 0 aromatic heterocycles. The number of rotatable bonds is 12. The van der Waals surface area contributed by atoms with E-state index in [0.29, 0.717) is 12.1 Å². The molecule has 0 bridgehead atoms. The first-order valence-corrected chi connectivity index (χ1v) is 12.9. The van der Waals surface area contributed by atoms with E-state index >= 15 is 0 Å². The van der Waals surface area contributed by atoms with Crippen molar-refractivity contribution < 1.29 is 27.0 Å². The maximum Gasteiger partial charge on any atom is 0.241 e. The number of hydrogen-bond donors (Lipinski definition) is 3. The summed E-state index contributed by atoms with van der Waals surface area (Å²) in [6.07, 6.45) is 1.71. The largest absolute Gasteiger partial charge is 0.462 e. The second-order valence-corrected chi connectivity index (χ2v) is 10.2. The summed E-state index contributed by atoms with van der Waals surface area (Å²) >= 11 is 0. The molecule has 0 saturated heterocycles. The molecule has 1 heterocycles. The lowest BCUT2D eigenvalue weighted by molar-refractivity contribution is -0.0190. The number of aryl methyl sites for hydroxylation is 1. The number of aliphatic hydroxyl groups excluding tert-OH is 1. The summed E-state index contributed by atoms with van der Waals surface area (Å²) in [4.78, 5) is 1.51. The van der Waals surface area contributed by atoms with Gasteiger partial charge in [-0.3, -0.25) is 0 Å². The summed E-state index contributed by atoms with van der Waals surface area (Å²) in [5.74, 6) is -1.61. The Morgan fingerprint density at radius 3 is 2.47 bits per heavy atom. The van der Waals surface area contributed by atoms with Gasteiger partial charge in [-0.1, -0.05) is 31.2 Å². The van der Waals surface area contributed by atoms with Gasteiger partial charge < -0.3 is 20.1 Å². The van der Waals surface area contributed by atoms with Crippen molar-refractivity contribution >= 4 is 10.0 Å². The van der Waals surface area contributed by atoms with Gasteiger partial charge in [-0.25, -0.2) is 17.2 Å². The number of hydrogen-bond acceptors (Lipinski definition) is 6. The number of nitrogens with zero attached hydrogens (tertiary/aromatic N) is 1. The summed E-state index contributed by atoms with van der Waals surface area (Å²) in [5.41, 5.74) is 2.60. The van der Waals surface area contributed by atoms with E-state index in [2.05, 4.69) is 23.0 Å². The van der Waals surface area contributed by atoms with Crippen LogP contribution in [-0.4, -0.2) is 49.2 Å². The summed E-state index contributed by atoms with van der Waals surface area (Å²) < 4.78 is 59.6. The van der Waals surface area contributed by atoms with E-state index in [4.69, 9.17) is 4.74 Å². The Labute approximate surface area is 199 Å². The van der Waals surface area contributed by atoms with Gasteiger partial charge in [0.2, 0.25) is 16.4 Å². The lowest BCUT2D eigenvalue weighted by Gasteiger charge is -2.35. The monoisotopic (exact) mass is 495 g/mol. The molecule has 34 heavy (non-hydrogen) atoms. The quantitative estimate of drug-likeness (QED) is 0.420. The van der Waals surface area contributed by atoms with Crippen LogP contribution < -0.4 is 10.0 Å². The number of sulfonamides is 1. The van der Waals surface area contributed by atoms with Crippen molar-refractivity contribution in [1.29, 1.82) is 0 Å². The molecule has 10 heteroatoms. The van der Waals surface area contributed by atoms with E-state index < -0.39 is 40.2 Å². The molecule has 0 aliphatic carbocycles. The van der Waals surface area contributed by atoms with Gasteiger partial charge in [-0.05, 0) is 48.6 Å². The van der Waals surface area contributed by atoms with E-state index in [1.807, 2.05) is 18.2 Å². The summed E-state index contributed by atoms with van der Waals surface area (Å²) in [6.45, 7) is 4.25. The standard InChI is InChI=1S/C24H31F2N3O4S/c1-3-17-6-5-7-18(10-17)15-27-16-23(30)22(13-19-11-20(25)14-21(26)12-19)29-8-9-33-24(29)28-34(31,32)4-2/h5-12,14,22-24,27-28,30H,3-4,13,15-16H2,1-2H3/t22-,23+,24?/m0/s1. The number of aliphatic hydroxyl groups is 1. The summed E-state index contributed by atoms with van der Waals surface area (Å²) in [5, 5.41) is 14.3. The third-order valence-corrected chi connectivity index (χ3v) is 6.97. The Balaban J connectivity index is 1.76. The fourth-order valence-corrected chi connectivity index (χ4v) is 4.46. The van der Waals surface area contributed by atoms with Gasteiger partial charge in [0, 0.05) is 25.4 Å². The van der Waals surface area contributed by atoms with Crippen molar-refractivity contribution in [3.63, 3.8) is 0 Å². The van der Waals surface area contributed by atoms with Crippen LogP contribution in [0.1, 0.15) is 30.5 Å². The highest BCUT2D eigenvalue weighted by Gasteiger charge is 2.35. The van der Waals surface area contributed by atoms with Gasteiger partial charge in [-0.15, -0.1) is 0 Å². The van der Waals surface area contributed by atoms with Crippen LogP contribution in [0.25, 0.3) is 0 Å². The van der Waals surface area contributed by atoms with Crippen LogP contribution in [0.5, 0.6) is 0 Å². The van der Waals surface area contributed by atoms with Gasteiger partial charge in [0.15, 0.2) is 0 Å². The van der Waals surface area contributed by atoms with Gasteiger partial charge >= 0.3 is 0 Å². The molecule has 0 radical (unpaired) electrons. The van der Waals surface area contributed by atoms with Crippen LogP contribution in [-0.2, 0) is 34.1 Å². The molecule has 2 aromatic carbocycles. The Morgan fingerprint density at radius 2 is 1.79 bits per heavy atom. The first-order chi connectivity index (χ1) is 16.2. The fraction of sp³-hybridized carbons (Fsp3) is 0.417. The van der Waals surface area contributed by atoms with Crippen LogP contribution >= 0.6 is 0 Å². The van der Waals surface area contributed by atoms with E-state index in [-0.39, 0.29) is 18.7 Å². The van der Waals surface area contributed by atoms with Crippen LogP contribution in [0.2, 0.25) is 0 Å². The van der Waals surface area contributed by atoms with Gasteiger partial charge in [0.25, 0.3) is 0 Å². The molecule has 2 aromatic rings. The highest BCUT2D eigenvalue weighted by Crippen LogP contribution is 2.22. The molecule has 1 aliphatic rings. The van der Waals surface area contributed by atoms with Crippen molar-refractivity contribution in [2.75, 3.05) is 12.3 Å². The highest BCUT2D eigenvalue weighted by atomic mass is 32.2. The predicted molar refractivity (Wildman–Crippen MR) is 126 cm³/mol. The Hall–Kier alpha value is -2.53. The van der Waals surface area contributed by atoms with E-state index in [1.54, 1.807) is 0 Å². The minimum absolute atomic E-state index is 0.0564. The maximum atomic E-state index is 13.8. The Bertz CT molecular complexity index is 1080. The molecule has 3 N–H and O–H groups in total. The SMILES string of the molecule is CCc1cccc(CNC[C@@H](O)[C@H](Cc2cc(F)cc(F)c2)N2C=COC2NS(=O)(=O)CC)c1. The van der Waals surface area contributed by atoms with Crippen molar-refractivity contribution in [3.05, 3.63) is 83.3 Å². The molecular formula is C24H31F2N3O4S. The van der Waals surface area contributed by atoms with Crippen molar-refractivity contribution in [1.82, 2.24) is 14.9 Å². The molecule has 0 spiro atoms. The molecule has 0 saturated carbocycles. The zero-order valence-electron chi connectivity index (χ0n) is 19.2. The number of halogens is 2. The first kappa shape index (κ1) is 26.1. The maximum absolute atomic E-state index is 13.8. The number of ether oxygens (including phenoxy) is 1. The van der Waals surface area contributed by atoms with Crippen LogP contribution in [0.4, 0.5) is 8.78 Å². The minimum Gasteiger partial charge on any atom is -0.462 e. The molecule has 0 fully saturated rings. The summed E-state index contributed by atoms with van der Waals surface area (Å²) in [7, 11) is -3.61. The van der Waals surface area contributed by atoms with Crippen LogP contribution in [0.3, 0.4) is 0 Å². The van der Waals surface area contributed by atoms with Crippen molar-refractivity contribution in [2.45, 2.75) is 51.7 Å². The fourth-order valence-electron chi connectivity index (χ4n) is 3.81. The molecule has 1 unspecified atom stereocenters. The smallest absolute Gasteiger partial charge is 0.241 e. The van der Waals surface area contributed by atoms with E-state index in [0.717, 1.165) is 18.1 Å². The minimum atomic E-state index is -3.61. The molecule has 0 amide bonds. The number of benzene rings is 2. The van der Waals surface area contributed by atoms with Gasteiger partial charge in [0.05, 0.1) is 17.9 Å². The molecular weight excluding hydrogens is 464 g/mol. The second kappa shape index (κ2) is 11.7. The van der Waals surface area contributed by atoms with Crippen molar-refractivity contribution in [3.8, 4) is 0 Å². The Morgan fingerprint density at radius 1 is 1.09 bits per heavy atom. The molecule has 1 aliphatic heterocycles.